The van der Waals surface area contributed by atoms with Gasteiger partial charge in [0.2, 0.25) is 17.7 Å². The van der Waals surface area contributed by atoms with Crippen molar-refractivity contribution in [2.75, 3.05) is 11.6 Å². The van der Waals surface area contributed by atoms with Gasteiger partial charge in [-0.3, -0.25) is 4.79 Å². The third-order valence-electron chi connectivity index (χ3n) is 4.78. The molecule has 26 heavy (non-hydrogen) atoms. The normalized spacial score (nSPS) is 21.0. The molecule has 0 spiro atoms. The molecule has 2 aromatic rings. The lowest BCUT2D eigenvalue weighted by Crippen LogP contribution is -2.38. The topological polar surface area (TPSA) is 59.2 Å². The summed E-state index contributed by atoms with van der Waals surface area (Å²) in [6.07, 6.45) is -1.55. The first-order chi connectivity index (χ1) is 12.4. The molecule has 138 valence electrons. The summed E-state index contributed by atoms with van der Waals surface area (Å²) in [6, 6.07) is 4.46. The number of aromatic nitrogens is 2. The highest BCUT2D eigenvalue weighted by atomic mass is 32.2. The number of hydrogen-bond donors (Lipinski definition) is 0. The zero-order chi connectivity index (χ0) is 18.3. The van der Waals surface area contributed by atoms with Crippen LogP contribution in [0, 0.1) is 5.92 Å². The van der Waals surface area contributed by atoms with Gasteiger partial charge in [-0.2, -0.15) is 13.2 Å². The Balaban J connectivity index is 1.57. The Morgan fingerprint density at radius 3 is 2.77 bits per heavy atom. The van der Waals surface area contributed by atoms with E-state index in [1.54, 1.807) is 16.7 Å². The second kappa shape index (κ2) is 6.61. The first kappa shape index (κ1) is 17.4. The average Bonchev–Trinajstić information content (AvgIpc) is 3.21. The van der Waals surface area contributed by atoms with E-state index in [4.69, 9.17) is 4.42 Å². The molecule has 1 saturated heterocycles. The molecule has 2 aliphatic rings. The van der Waals surface area contributed by atoms with Crippen LogP contribution in [0.3, 0.4) is 0 Å². The summed E-state index contributed by atoms with van der Waals surface area (Å²) in [5.74, 6) is 1.69. The highest BCUT2D eigenvalue weighted by Gasteiger charge is 2.39. The molecule has 1 unspecified atom stereocenters. The maximum Gasteiger partial charge on any atom is 0.416 e. The first-order valence-corrected chi connectivity index (χ1v) is 9.48. The molecule has 5 nitrogen and oxygen atoms in total. The van der Waals surface area contributed by atoms with Crippen molar-refractivity contribution in [3.8, 4) is 11.5 Å². The van der Waals surface area contributed by atoms with Crippen molar-refractivity contribution in [3.63, 3.8) is 0 Å². The Morgan fingerprint density at radius 1 is 1.27 bits per heavy atom. The molecule has 4 rings (SSSR count). The number of carbonyl (C=O) groups excluding carboxylic acids is 1. The second-order valence-electron chi connectivity index (χ2n) is 6.48. The molecule has 0 bridgehead atoms. The number of benzene rings is 1. The van der Waals surface area contributed by atoms with Crippen LogP contribution in [0.5, 0.6) is 0 Å². The Hall–Kier alpha value is -2.03. The Kier molecular flexibility index (Phi) is 4.42. The van der Waals surface area contributed by atoms with E-state index in [0.29, 0.717) is 11.6 Å². The van der Waals surface area contributed by atoms with Crippen molar-refractivity contribution in [2.24, 2.45) is 5.92 Å². The van der Waals surface area contributed by atoms with Crippen LogP contribution in [0.1, 0.15) is 36.8 Å². The van der Waals surface area contributed by atoms with Gasteiger partial charge in [-0.05, 0) is 31.0 Å². The van der Waals surface area contributed by atoms with Gasteiger partial charge in [0.25, 0.3) is 0 Å². The zero-order valence-electron chi connectivity index (χ0n) is 13.7. The van der Waals surface area contributed by atoms with Crippen molar-refractivity contribution in [1.29, 1.82) is 0 Å². The fourth-order valence-corrected chi connectivity index (χ4v) is 4.22. The first-order valence-electron chi connectivity index (χ1n) is 8.33. The number of halogens is 3. The summed E-state index contributed by atoms with van der Waals surface area (Å²) in [4.78, 5) is 14.3. The predicted molar refractivity (Wildman–Crippen MR) is 89.0 cm³/mol. The molecule has 1 saturated carbocycles. The van der Waals surface area contributed by atoms with E-state index in [0.717, 1.165) is 31.4 Å². The molecule has 9 heteroatoms. The van der Waals surface area contributed by atoms with E-state index >= 15 is 0 Å². The van der Waals surface area contributed by atoms with Gasteiger partial charge in [-0.25, -0.2) is 0 Å². The maximum absolute atomic E-state index is 12.9. The maximum atomic E-state index is 12.9. The van der Waals surface area contributed by atoms with E-state index in [9.17, 15) is 18.0 Å². The lowest BCUT2D eigenvalue weighted by atomic mass is 9.84. The molecule has 1 aromatic carbocycles. The van der Waals surface area contributed by atoms with E-state index in [-0.39, 0.29) is 35.2 Å². The van der Waals surface area contributed by atoms with Crippen molar-refractivity contribution in [2.45, 2.75) is 31.5 Å². The zero-order valence-corrected chi connectivity index (χ0v) is 14.5. The summed E-state index contributed by atoms with van der Waals surface area (Å²) in [5, 5.41) is 7.89. The van der Waals surface area contributed by atoms with Crippen LogP contribution >= 0.6 is 11.8 Å². The van der Waals surface area contributed by atoms with Crippen LogP contribution in [-0.4, -0.2) is 32.6 Å². The summed E-state index contributed by atoms with van der Waals surface area (Å²) in [5.41, 5.74) is -0.561. The minimum absolute atomic E-state index is 0.0269. The summed E-state index contributed by atoms with van der Waals surface area (Å²) >= 11 is 1.60. The van der Waals surface area contributed by atoms with Crippen LogP contribution in [0.15, 0.2) is 28.7 Å². The standard InChI is InChI=1S/C17H16F3N3O2S/c18-17(19,20)12-6-2-5-11(7-12)14-21-22-15(25-14)13-8-26-9-23(13)16(24)10-3-1-4-10/h2,5-7,10,13H,1,3-4,8-9H2. The highest BCUT2D eigenvalue weighted by Crippen LogP contribution is 2.38. The minimum Gasteiger partial charge on any atom is -0.418 e. The smallest absolute Gasteiger partial charge is 0.416 e. The van der Waals surface area contributed by atoms with Gasteiger partial charge < -0.3 is 9.32 Å². The fourth-order valence-electron chi connectivity index (χ4n) is 3.07. The number of thioether (sulfide) groups is 1. The molecule has 2 heterocycles. The van der Waals surface area contributed by atoms with Gasteiger partial charge in [-0.1, -0.05) is 12.5 Å². The summed E-state index contributed by atoms with van der Waals surface area (Å²) in [7, 11) is 0. The minimum atomic E-state index is -4.44. The number of amides is 1. The van der Waals surface area contributed by atoms with Crippen LogP contribution in [0.2, 0.25) is 0 Å². The van der Waals surface area contributed by atoms with Crippen molar-refractivity contribution >= 4 is 17.7 Å². The van der Waals surface area contributed by atoms with Crippen LogP contribution in [0.4, 0.5) is 13.2 Å². The molecule has 1 aliphatic carbocycles. The van der Waals surface area contributed by atoms with Crippen LogP contribution in [0.25, 0.3) is 11.5 Å². The van der Waals surface area contributed by atoms with Gasteiger partial charge in [0.15, 0.2) is 0 Å². The monoisotopic (exact) mass is 383 g/mol. The number of nitrogens with zero attached hydrogens (tertiary/aromatic N) is 3. The number of rotatable bonds is 3. The number of hydrogen-bond acceptors (Lipinski definition) is 5. The second-order valence-corrected chi connectivity index (χ2v) is 7.48. The van der Waals surface area contributed by atoms with Gasteiger partial charge in [-0.15, -0.1) is 22.0 Å². The molecule has 1 aromatic heterocycles. The van der Waals surface area contributed by atoms with E-state index in [1.807, 2.05) is 0 Å². The largest absolute Gasteiger partial charge is 0.418 e. The van der Waals surface area contributed by atoms with Crippen molar-refractivity contribution in [3.05, 3.63) is 35.7 Å². The van der Waals surface area contributed by atoms with Crippen molar-refractivity contribution in [1.82, 2.24) is 15.1 Å². The predicted octanol–water partition coefficient (Wildman–Crippen LogP) is 4.13. The SMILES string of the molecule is O=C(C1CCC1)N1CSCC1c1nnc(-c2cccc(C(F)(F)F)c2)o1. The Morgan fingerprint density at radius 2 is 2.08 bits per heavy atom. The molecule has 2 fully saturated rings. The Labute approximate surface area is 152 Å². The quantitative estimate of drug-likeness (QED) is 0.798. The molecular formula is C17H16F3N3O2S. The summed E-state index contributed by atoms with van der Waals surface area (Å²) in [6.45, 7) is 0. The lowest BCUT2D eigenvalue weighted by Gasteiger charge is -2.30. The molecule has 0 radical (unpaired) electrons. The van der Waals surface area contributed by atoms with Gasteiger partial charge >= 0.3 is 6.18 Å². The van der Waals surface area contributed by atoms with E-state index in [2.05, 4.69) is 10.2 Å². The number of alkyl halides is 3. The van der Waals surface area contributed by atoms with Gasteiger partial charge in [0, 0.05) is 17.2 Å². The molecule has 1 atom stereocenters. The van der Waals surface area contributed by atoms with E-state index in [1.165, 1.54) is 12.1 Å². The highest BCUT2D eigenvalue weighted by molar-refractivity contribution is 7.99. The van der Waals surface area contributed by atoms with Crippen LogP contribution in [-0.2, 0) is 11.0 Å². The third kappa shape index (κ3) is 3.20. The molecule has 1 aliphatic heterocycles. The molecule has 1 amide bonds. The van der Waals surface area contributed by atoms with Crippen LogP contribution < -0.4 is 0 Å². The average molecular weight is 383 g/mol. The van der Waals surface area contributed by atoms with E-state index < -0.39 is 11.7 Å². The molecule has 0 N–H and O–H groups in total. The fraction of sp³-hybridized carbons (Fsp3) is 0.471. The third-order valence-corrected chi connectivity index (χ3v) is 5.79. The van der Waals surface area contributed by atoms with Crippen molar-refractivity contribution < 1.29 is 22.4 Å². The number of carbonyl (C=O) groups is 1. The molecular weight excluding hydrogens is 367 g/mol. The summed E-state index contributed by atoms with van der Waals surface area (Å²) < 4.78 is 44.3. The Bertz CT molecular complexity index is 820. The lowest BCUT2D eigenvalue weighted by molar-refractivity contribution is -0.139. The van der Waals surface area contributed by atoms with Gasteiger partial charge in [0.1, 0.15) is 6.04 Å². The van der Waals surface area contributed by atoms with Gasteiger partial charge in [0.05, 0.1) is 11.4 Å².